The number of benzene rings is 1. The molecule has 0 aliphatic carbocycles. The minimum atomic E-state index is -3.26. The van der Waals surface area contributed by atoms with Crippen LogP contribution in [-0.2, 0) is 10.0 Å². The van der Waals surface area contributed by atoms with Gasteiger partial charge in [0, 0.05) is 24.7 Å². The second kappa shape index (κ2) is 6.06. The monoisotopic (exact) mass is 308 g/mol. The molecule has 112 valence electrons. The molecule has 0 spiro atoms. The molecular formula is C13H16N4O3S. The van der Waals surface area contributed by atoms with Gasteiger partial charge in [-0.2, -0.15) is 0 Å². The number of amides is 1. The van der Waals surface area contributed by atoms with Crippen molar-refractivity contribution in [3.8, 4) is 0 Å². The van der Waals surface area contributed by atoms with E-state index in [4.69, 9.17) is 5.73 Å². The number of hydrogen-bond acceptors (Lipinski definition) is 5. The summed E-state index contributed by atoms with van der Waals surface area (Å²) in [7, 11) is -3.26. The first kappa shape index (κ1) is 15.2. The van der Waals surface area contributed by atoms with Gasteiger partial charge >= 0.3 is 0 Å². The van der Waals surface area contributed by atoms with Crippen molar-refractivity contribution in [1.29, 1.82) is 0 Å². The maximum atomic E-state index is 12.1. The highest BCUT2D eigenvalue weighted by Crippen LogP contribution is 2.22. The lowest BCUT2D eigenvalue weighted by atomic mass is 10.1. The molecule has 0 unspecified atom stereocenters. The standard InChI is InChI=1S/C13H16N4O3S/c1-21(19,20)17-7-6-15-13(18)11-8-16-12(14)10-5-3-2-4-9(10)11/h2-5,8,17H,6-7H2,1H3,(H2,14,16)(H,15,18). The van der Waals surface area contributed by atoms with E-state index >= 15 is 0 Å². The van der Waals surface area contributed by atoms with Crippen LogP contribution in [0.1, 0.15) is 10.4 Å². The number of pyridine rings is 1. The maximum Gasteiger partial charge on any atom is 0.253 e. The lowest BCUT2D eigenvalue weighted by Gasteiger charge is -2.09. The van der Waals surface area contributed by atoms with E-state index in [0.29, 0.717) is 22.2 Å². The highest BCUT2D eigenvalue weighted by molar-refractivity contribution is 7.88. The predicted molar refractivity (Wildman–Crippen MR) is 81.3 cm³/mol. The minimum Gasteiger partial charge on any atom is -0.383 e. The minimum absolute atomic E-state index is 0.130. The molecule has 0 aliphatic heterocycles. The average molecular weight is 308 g/mol. The average Bonchev–Trinajstić information content (AvgIpc) is 2.43. The van der Waals surface area contributed by atoms with Gasteiger partial charge in [-0.25, -0.2) is 18.1 Å². The number of nitrogen functional groups attached to an aromatic ring is 1. The first-order valence-corrected chi connectivity index (χ1v) is 8.13. The molecule has 0 saturated carbocycles. The third-order valence-corrected chi connectivity index (χ3v) is 3.57. The molecule has 0 radical (unpaired) electrons. The number of sulfonamides is 1. The summed E-state index contributed by atoms with van der Waals surface area (Å²) >= 11 is 0. The van der Waals surface area contributed by atoms with E-state index in [1.54, 1.807) is 12.1 Å². The predicted octanol–water partition coefficient (Wildman–Crippen LogP) is 0.0960. The largest absolute Gasteiger partial charge is 0.383 e. The van der Waals surface area contributed by atoms with Crippen molar-refractivity contribution in [1.82, 2.24) is 15.0 Å². The molecule has 1 heterocycles. The molecule has 2 aromatic rings. The molecule has 4 N–H and O–H groups in total. The molecule has 7 nitrogen and oxygen atoms in total. The zero-order valence-electron chi connectivity index (χ0n) is 11.5. The number of aromatic nitrogens is 1. The Hall–Kier alpha value is -2.19. The molecule has 0 bridgehead atoms. The summed E-state index contributed by atoms with van der Waals surface area (Å²) in [5.74, 6) is 0.0369. The number of carbonyl (C=O) groups is 1. The summed E-state index contributed by atoms with van der Waals surface area (Å²) in [4.78, 5) is 16.1. The van der Waals surface area contributed by atoms with E-state index in [2.05, 4.69) is 15.0 Å². The summed E-state index contributed by atoms with van der Waals surface area (Å²) in [6.45, 7) is 0.315. The first-order valence-electron chi connectivity index (χ1n) is 6.24. The van der Waals surface area contributed by atoms with Crippen LogP contribution in [0, 0.1) is 0 Å². The number of nitrogens with one attached hydrogen (secondary N) is 2. The van der Waals surface area contributed by atoms with E-state index < -0.39 is 10.0 Å². The van der Waals surface area contributed by atoms with Crippen molar-refractivity contribution in [3.05, 3.63) is 36.0 Å². The number of hydrogen-bond donors (Lipinski definition) is 3. The lowest BCUT2D eigenvalue weighted by molar-refractivity contribution is 0.0955. The number of rotatable bonds is 5. The van der Waals surface area contributed by atoms with E-state index in [1.165, 1.54) is 6.20 Å². The van der Waals surface area contributed by atoms with Gasteiger partial charge < -0.3 is 11.1 Å². The van der Waals surface area contributed by atoms with Gasteiger partial charge in [-0.15, -0.1) is 0 Å². The fraction of sp³-hybridized carbons (Fsp3) is 0.231. The van der Waals surface area contributed by atoms with Crippen LogP contribution < -0.4 is 15.8 Å². The Morgan fingerprint density at radius 2 is 1.90 bits per heavy atom. The summed E-state index contributed by atoms with van der Waals surface area (Å²) in [6.07, 6.45) is 2.48. The number of nitrogens with two attached hydrogens (primary N) is 1. The molecule has 8 heteroatoms. The molecule has 0 aliphatic rings. The molecular weight excluding hydrogens is 292 g/mol. The van der Waals surface area contributed by atoms with Crippen molar-refractivity contribution < 1.29 is 13.2 Å². The van der Waals surface area contributed by atoms with Gasteiger partial charge in [0.1, 0.15) is 5.82 Å². The Labute approximate surface area is 122 Å². The second-order valence-electron chi connectivity index (χ2n) is 4.53. The van der Waals surface area contributed by atoms with Crippen LogP contribution in [0.5, 0.6) is 0 Å². The van der Waals surface area contributed by atoms with E-state index in [0.717, 1.165) is 6.26 Å². The molecule has 0 fully saturated rings. The number of carbonyl (C=O) groups excluding carboxylic acids is 1. The van der Waals surface area contributed by atoms with Gasteiger partial charge in [-0.05, 0) is 5.39 Å². The zero-order valence-corrected chi connectivity index (χ0v) is 12.3. The van der Waals surface area contributed by atoms with Crippen molar-refractivity contribution in [2.45, 2.75) is 0 Å². The maximum absolute atomic E-state index is 12.1. The molecule has 1 amide bonds. The van der Waals surface area contributed by atoms with Crippen LogP contribution >= 0.6 is 0 Å². The van der Waals surface area contributed by atoms with E-state index in [-0.39, 0.29) is 19.0 Å². The summed E-state index contributed by atoms with van der Waals surface area (Å²) in [6, 6.07) is 7.21. The van der Waals surface area contributed by atoms with E-state index in [9.17, 15) is 13.2 Å². The summed E-state index contributed by atoms with van der Waals surface area (Å²) in [5.41, 5.74) is 6.18. The Morgan fingerprint density at radius 1 is 1.24 bits per heavy atom. The fourth-order valence-corrected chi connectivity index (χ4v) is 2.38. The molecule has 1 aromatic carbocycles. The highest BCUT2D eigenvalue weighted by Gasteiger charge is 2.12. The van der Waals surface area contributed by atoms with Crippen LogP contribution in [0.2, 0.25) is 0 Å². The smallest absolute Gasteiger partial charge is 0.253 e. The van der Waals surface area contributed by atoms with Crippen molar-refractivity contribution in [2.75, 3.05) is 25.1 Å². The normalized spacial score (nSPS) is 11.5. The van der Waals surface area contributed by atoms with Crippen LogP contribution in [-0.4, -0.2) is 38.7 Å². The zero-order chi connectivity index (χ0) is 15.5. The Balaban J connectivity index is 2.12. The summed E-state index contributed by atoms with van der Waals surface area (Å²) < 4.78 is 24.1. The van der Waals surface area contributed by atoms with Crippen LogP contribution in [0.4, 0.5) is 5.82 Å². The van der Waals surface area contributed by atoms with Gasteiger partial charge in [0.05, 0.1) is 11.8 Å². The number of fused-ring (bicyclic) bond motifs is 1. The van der Waals surface area contributed by atoms with Gasteiger partial charge in [-0.3, -0.25) is 4.79 Å². The van der Waals surface area contributed by atoms with Gasteiger partial charge in [0.25, 0.3) is 5.91 Å². The molecule has 2 rings (SSSR count). The Bertz CT molecular complexity index is 774. The fourth-order valence-electron chi connectivity index (χ4n) is 1.90. The molecule has 0 saturated heterocycles. The van der Waals surface area contributed by atoms with E-state index in [1.807, 2.05) is 12.1 Å². The van der Waals surface area contributed by atoms with Crippen molar-refractivity contribution in [3.63, 3.8) is 0 Å². The lowest BCUT2D eigenvalue weighted by Crippen LogP contribution is -2.34. The first-order chi connectivity index (χ1) is 9.88. The summed E-state index contributed by atoms with van der Waals surface area (Å²) in [5, 5.41) is 4.05. The van der Waals surface area contributed by atoms with Crippen molar-refractivity contribution >= 4 is 32.5 Å². The van der Waals surface area contributed by atoms with Crippen LogP contribution in [0.25, 0.3) is 10.8 Å². The number of anilines is 1. The van der Waals surface area contributed by atoms with Crippen LogP contribution in [0.3, 0.4) is 0 Å². The Kier molecular flexibility index (Phi) is 4.39. The molecule has 21 heavy (non-hydrogen) atoms. The SMILES string of the molecule is CS(=O)(=O)NCCNC(=O)c1cnc(N)c2ccccc12. The highest BCUT2D eigenvalue weighted by atomic mass is 32.2. The molecule has 1 aromatic heterocycles. The third-order valence-electron chi connectivity index (χ3n) is 2.85. The van der Waals surface area contributed by atoms with Crippen LogP contribution in [0.15, 0.2) is 30.5 Å². The van der Waals surface area contributed by atoms with Gasteiger partial charge in [-0.1, -0.05) is 24.3 Å². The number of nitrogens with zero attached hydrogens (tertiary/aromatic N) is 1. The topological polar surface area (TPSA) is 114 Å². The van der Waals surface area contributed by atoms with Crippen molar-refractivity contribution in [2.24, 2.45) is 0 Å². The van der Waals surface area contributed by atoms with Gasteiger partial charge in [0.2, 0.25) is 10.0 Å². The molecule has 0 atom stereocenters. The second-order valence-corrected chi connectivity index (χ2v) is 6.36. The third kappa shape index (κ3) is 3.89. The Morgan fingerprint density at radius 3 is 2.57 bits per heavy atom. The quantitative estimate of drug-likeness (QED) is 0.678. The van der Waals surface area contributed by atoms with Gasteiger partial charge in [0.15, 0.2) is 0 Å².